The van der Waals surface area contributed by atoms with E-state index in [0.29, 0.717) is 0 Å². The highest BCUT2D eigenvalue weighted by atomic mass is 32.2. The molecule has 0 amide bonds. The number of alkyl halides is 3. The molecule has 0 bridgehead atoms. The molecule has 1 aliphatic heterocycles. The molecule has 3 atom stereocenters. The van der Waals surface area contributed by atoms with Gasteiger partial charge in [0.2, 0.25) is 0 Å². The summed E-state index contributed by atoms with van der Waals surface area (Å²) >= 11 is 0. The molecule has 0 radical (unpaired) electrons. The molecule has 1 fully saturated rings. The van der Waals surface area contributed by atoms with Crippen molar-refractivity contribution >= 4 is 15.7 Å². The van der Waals surface area contributed by atoms with Crippen molar-refractivity contribution in [1.29, 1.82) is 4.78 Å². The van der Waals surface area contributed by atoms with Crippen LogP contribution in [0.25, 0.3) is 0 Å². The van der Waals surface area contributed by atoms with Gasteiger partial charge in [0.1, 0.15) is 0 Å². The van der Waals surface area contributed by atoms with Crippen molar-refractivity contribution in [2.45, 2.75) is 13.1 Å². The fourth-order valence-electron chi connectivity index (χ4n) is 1.68. The summed E-state index contributed by atoms with van der Waals surface area (Å²) < 4.78 is 60.6. The van der Waals surface area contributed by atoms with E-state index in [1.165, 1.54) is 6.92 Å². The van der Waals surface area contributed by atoms with Gasteiger partial charge in [-0.1, -0.05) is 0 Å². The largest absolute Gasteiger partial charge is 0.466 e. The first-order valence-electron chi connectivity index (χ1n) is 4.65. The highest BCUT2D eigenvalue weighted by Crippen LogP contribution is 2.39. The first-order valence-corrected chi connectivity index (χ1v) is 6.54. The van der Waals surface area contributed by atoms with Gasteiger partial charge in [-0.15, -0.1) is 0 Å². The van der Waals surface area contributed by atoms with Crippen LogP contribution in [-0.2, 0) is 19.3 Å². The smallest absolute Gasteiger partial charge is 0.393 e. The Labute approximate surface area is 91.1 Å². The maximum atomic E-state index is 12.5. The minimum absolute atomic E-state index is 0.0287. The summed E-state index contributed by atoms with van der Waals surface area (Å²) in [5, 5.41) is 0. The van der Waals surface area contributed by atoms with E-state index < -0.39 is 45.2 Å². The number of carbonyl (C=O) groups is 1. The summed E-state index contributed by atoms with van der Waals surface area (Å²) in [6.45, 7) is 1.45. The average Bonchev–Trinajstić information content (AvgIpc) is 2.41. The Morgan fingerprint density at radius 1 is 1.50 bits per heavy atom. The molecule has 0 spiro atoms. The van der Waals surface area contributed by atoms with E-state index in [0.717, 1.165) is 0 Å². The van der Waals surface area contributed by atoms with Crippen molar-refractivity contribution in [3.8, 4) is 0 Å². The molecule has 0 aromatic rings. The van der Waals surface area contributed by atoms with E-state index in [2.05, 4.69) is 4.74 Å². The molecule has 4 nitrogen and oxygen atoms in total. The standard InChI is InChI=1S/C8H12F3NO3S/c1-2-15-7(13)5-3-16(12,14)4-6(5)8(9,10)11/h5-6,12H,2-4H2,1H3. The molecule has 8 heteroatoms. The van der Waals surface area contributed by atoms with Crippen molar-refractivity contribution in [1.82, 2.24) is 0 Å². The molecule has 1 aliphatic rings. The number of esters is 1. The van der Waals surface area contributed by atoms with Crippen LogP contribution in [0.5, 0.6) is 0 Å². The summed E-state index contributed by atoms with van der Waals surface area (Å²) in [4.78, 5) is 11.3. The lowest BCUT2D eigenvalue weighted by atomic mass is 9.96. The molecular formula is C8H12F3NO3S. The predicted octanol–water partition coefficient (Wildman–Crippen LogP) is 1.40. The maximum Gasteiger partial charge on any atom is 0.393 e. The van der Waals surface area contributed by atoms with Crippen molar-refractivity contribution in [3.05, 3.63) is 0 Å². The molecule has 1 saturated heterocycles. The monoisotopic (exact) mass is 259 g/mol. The van der Waals surface area contributed by atoms with Crippen LogP contribution in [0.15, 0.2) is 0 Å². The van der Waals surface area contributed by atoms with Gasteiger partial charge in [-0.3, -0.25) is 9.57 Å². The summed E-state index contributed by atoms with van der Waals surface area (Å²) in [6, 6.07) is 0. The lowest BCUT2D eigenvalue weighted by molar-refractivity contribution is -0.188. The van der Waals surface area contributed by atoms with Gasteiger partial charge >= 0.3 is 12.1 Å². The van der Waals surface area contributed by atoms with Crippen LogP contribution in [0, 0.1) is 16.6 Å². The number of ether oxygens (including phenoxy) is 1. The number of halogens is 3. The van der Waals surface area contributed by atoms with Gasteiger partial charge in [-0.25, -0.2) is 4.21 Å². The first kappa shape index (κ1) is 13.3. The van der Waals surface area contributed by atoms with Crippen LogP contribution in [0.2, 0.25) is 0 Å². The molecule has 1 heterocycles. The molecule has 0 aromatic carbocycles. The van der Waals surface area contributed by atoms with E-state index in [9.17, 15) is 22.2 Å². The quantitative estimate of drug-likeness (QED) is 0.762. The molecular weight excluding hydrogens is 247 g/mol. The number of hydrogen-bond acceptors (Lipinski definition) is 4. The Kier molecular flexibility index (Phi) is 3.51. The molecule has 1 N–H and O–H groups in total. The Morgan fingerprint density at radius 2 is 2.06 bits per heavy atom. The van der Waals surface area contributed by atoms with Gasteiger partial charge in [-0.2, -0.15) is 13.2 Å². The summed E-state index contributed by atoms with van der Waals surface area (Å²) in [7, 11) is -3.31. The van der Waals surface area contributed by atoms with Gasteiger partial charge in [0.15, 0.2) is 0 Å². The number of nitrogens with one attached hydrogen (secondary N) is 1. The number of hydrogen-bond donors (Lipinski definition) is 1. The van der Waals surface area contributed by atoms with Gasteiger partial charge in [0.05, 0.1) is 18.4 Å². The van der Waals surface area contributed by atoms with Crippen molar-refractivity contribution in [2.75, 3.05) is 18.1 Å². The minimum Gasteiger partial charge on any atom is -0.466 e. The third-order valence-corrected chi connectivity index (χ3v) is 4.19. The zero-order chi connectivity index (χ0) is 12.6. The van der Waals surface area contributed by atoms with E-state index in [-0.39, 0.29) is 6.61 Å². The molecule has 0 aliphatic carbocycles. The van der Waals surface area contributed by atoms with Crippen LogP contribution in [-0.4, -0.2) is 34.5 Å². The highest BCUT2D eigenvalue weighted by Gasteiger charge is 2.54. The molecule has 3 unspecified atom stereocenters. The van der Waals surface area contributed by atoms with Crippen LogP contribution in [0.4, 0.5) is 13.2 Å². The predicted molar refractivity (Wildman–Crippen MR) is 50.3 cm³/mol. The zero-order valence-electron chi connectivity index (χ0n) is 8.54. The lowest BCUT2D eigenvalue weighted by Gasteiger charge is -2.19. The third-order valence-electron chi connectivity index (χ3n) is 2.39. The second-order valence-electron chi connectivity index (χ2n) is 3.65. The maximum absolute atomic E-state index is 12.5. The van der Waals surface area contributed by atoms with E-state index in [4.69, 9.17) is 4.78 Å². The van der Waals surface area contributed by atoms with Crippen molar-refractivity contribution in [3.63, 3.8) is 0 Å². The summed E-state index contributed by atoms with van der Waals surface area (Å²) in [5.41, 5.74) is 0. The first-order chi connectivity index (χ1) is 7.17. The third kappa shape index (κ3) is 2.87. The van der Waals surface area contributed by atoms with Gasteiger partial charge in [0.25, 0.3) is 0 Å². The second kappa shape index (κ2) is 4.23. The van der Waals surface area contributed by atoms with Crippen LogP contribution in [0.1, 0.15) is 6.92 Å². The highest BCUT2D eigenvalue weighted by molar-refractivity contribution is 7.92. The summed E-state index contributed by atoms with van der Waals surface area (Å²) in [5.74, 6) is -5.89. The van der Waals surface area contributed by atoms with Gasteiger partial charge in [0, 0.05) is 21.2 Å². The minimum atomic E-state index is -4.61. The Bertz CT molecular complexity index is 376. The van der Waals surface area contributed by atoms with E-state index in [1.807, 2.05) is 0 Å². The van der Waals surface area contributed by atoms with E-state index >= 15 is 0 Å². The molecule has 1 rings (SSSR count). The topological polar surface area (TPSA) is 67.2 Å². The zero-order valence-corrected chi connectivity index (χ0v) is 9.36. The molecule has 94 valence electrons. The van der Waals surface area contributed by atoms with Crippen molar-refractivity contribution in [2.24, 2.45) is 11.8 Å². The fourth-order valence-corrected chi connectivity index (χ4v) is 3.77. The molecule has 0 saturated carbocycles. The van der Waals surface area contributed by atoms with Crippen LogP contribution < -0.4 is 0 Å². The second-order valence-corrected chi connectivity index (χ2v) is 5.94. The van der Waals surface area contributed by atoms with Crippen molar-refractivity contribution < 1.29 is 26.9 Å². The van der Waals surface area contributed by atoms with E-state index in [1.54, 1.807) is 0 Å². The van der Waals surface area contributed by atoms with Gasteiger partial charge < -0.3 is 4.74 Å². The number of rotatable bonds is 2. The van der Waals surface area contributed by atoms with Crippen LogP contribution in [0.3, 0.4) is 0 Å². The molecule has 16 heavy (non-hydrogen) atoms. The Morgan fingerprint density at radius 3 is 2.50 bits per heavy atom. The lowest BCUT2D eigenvalue weighted by Crippen LogP contribution is -2.34. The molecule has 0 aromatic heterocycles. The Balaban J connectivity index is 2.93. The summed E-state index contributed by atoms with van der Waals surface area (Å²) in [6.07, 6.45) is -4.61. The number of carbonyl (C=O) groups excluding carboxylic acids is 1. The van der Waals surface area contributed by atoms with Gasteiger partial charge in [-0.05, 0) is 6.92 Å². The Hall–Kier alpha value is -0.790. The fraction of sp³-hybridized carbons (Fsp3) is 0.875. The SMILES string of the molecule is CCOC(=O)C1CS(=N)(=O)CC1C(F)(F)F. The normalized spacial score (nSPS) is 35.0. The average molecular weight is 259 g/mol. The van der Waals surface area contributed by atoms with Crippen LogP contribution >= 0.6 is 0 Å².